The summed E-state index contributed by atoms with van der Waals surface area (Å²) in [6, 6.07) is 16.7. The SMILES string of the molecule is Cc1ccc(-c2cccc3[nH]c(-c4cc(-c5cncc(CN6CCC(F)(F)C6)c5)n[nH]4)cc23)s1. The summed E-state index contributed by atoms with van der Waals surface area (Å²) >= 11 is 1.79. The van der Waals surface area contributed by atoms with Gasteiger partial charge in [0.15, 0.2) is 0 Å². The van der Waals surface area contributed by atoms with Crippen LogP contribution in [0, 0.1) is 6.92 Å². The molecule has 2 N–H and O–H groups in total. The fraction of sp³-hybridized carbons (Fsp3) is 0.231. The molecular weight excluding hydrogens is 452 g/mol. The fourth-order valence-corrected chi connectivity index (χ4v) is 5.52. The van der Waals surface area contributed by atoms with E-state index in [1.165, 1.54) is 20.7 Å². The van der Waals surface area contributed by atoms with Crippen molar-refractivity contribution in [1.82, 2.24) is 25.1 Å². The Hall–Kier alpha value is -3.36. The van der Waals surface area contributed by atoms with E-state index in [9.17, 15) is 8.78 Å². The molecule has 1 saturated heterocycles. The number of rotatable bonds is 5. The van der Waals surface area contributed by atoms with Crippen molar-refractivity contribution >= 4 is 22.2 Å². The summed E-state index contributed by atoms with van der Waals surface area (Å²) in [6.45, 7) is 2.78. The monoisotopic (exact) mass is 475 g/mol. The fourth-order valence-electron chi connectivity index (χ4n) is 4.62. The molecule has 0 radical (unpaired) electrons. The maximum Gasteiger partial charge on any atom is 0.261 e. The highest BCUT2D eigenvalue weighted by Crippen LogP contribution is 2.36. The van der Waals surface area contributed by atoms with Gasteiger partial charge in [0.1, 0.15) is 0 Å². The molecule has 6 rings (SSSR count). The Bertz CT molecular complexity index is 1480. The minimum absolute atomic E-state index is 0.0822. The number of halogens is 2. The third-order valence-electron chi connectivity index (χ3n) is 6.28. The summed E-state index contributed by atoms with van der Waals surface area (Å²) in [5.74, 6) is -2.59. The molecule has 1 fully saturated rings. The molecule has 0 unspecified atom stereocenters. The van der Waals surface area contributed by atoms with Crippen molar-refractivity contribution in [3.8, 4) is 33.1 Å². The number of fused-ring (bicyclic) bond motifs is 1. The van der Waals surface area contributed by atoms with Crippen LogP contribution in [0.25, 0.3) is 44.0 Å². The first-order chi connectivity index (χ1) is 16.4. The van der Waals surface area contributed by atoms with Gasteiger partial charge in [0, 0.05) is 63.7 Å². The Morgan fingerprint density at radius 1 is 1.09 bits per heavy atom. The Kier molecular flexibility index (Phi) is 5.08. The quantitative estimate of drug-likeness (QED) is 0.305. The number of nitrogens with one attached hydrogen (secondary N) is 2. The van der Waals surface area contributed by atoms with Gasteiger partial charge in [0.05, 0.1) is 23.6 Å². The van der Waals surface area contributed by atoms with E-state index >= 15 is 0 Å². The molecule has 4 aromatic heterocycles. The molecule has 8 heteroatoms. The van der Waals surface area contributed by atoms with Gasteiger partial charge in [-0.05, 0) is 48.9 Å². The van der Waals surface area contributed by atoms with Gasteiger partial charge in [-0.1, -0.05) is 12.1 Å². The Morgan fingerprint density at radius 3 is 2.79 bits per heavy atom. The van der Waals surface area contributed by atoms with Crippen LogP contribution in [-0.4, -0.2) is 44.1 Å². The van der Waals surface area contributed by atoms with Crippen LogP contribution in [0.5, 0.6) is 0 Å². The molecule has 1 aliphatic heterocycles. The lowest BCUT2D eigenvalue weighted by Gasteiger charge is -2.15. The van der Waals surface area contributed by atoms with Crippen molar-refractivity contribution in [2.75, 3.05) is 13.1 Å². The number of aromatic nitrogens is 4. The highest BCUT2D eigenvalue weighted by atomic mass is 32.1. The van der Waals surface area contributed by atoms with E-state index in [4.69, 9.17) is 0 Å². The van der Waals surface area contributed by atoms with Gasteiger partial charge in [0.2, 0.25) is 0 Å². The van der Waals surface area contributed by atoms with E-state index in [0.717, 1.165) is 33.7 Å². The van der Waals surface area contributed by atoms with Gasteiger partial charge in [-0.2, -0.15) is 5.10 Å². The summed E-state index contributed by atoms with van der Waals surface area (Å²) in [6.07, 6.45) is 3.41. The lowest BCUT2D eigenvalue weighted by atomic mass is 10.1. The summed E-state index contributed by atoms with van der Waals surface area (Å²) < 4.78 is 27.1. The number of aryl methyl sites for hydroxylation is 1. The maximum absolute atomic E-state index is 13.5. The van der Waals surface area contributed by atoms with Crippen molar-refractivity contribution in [3.05, 3.63) is 71.4 Å². The first kappa shape index (κ1) is 21.2. The second-order valence-corrected chi connectivity index (χ2v) is 10.2. The average molecular weight is 476 g/mol. The third kappa shape index (κ3) is 4.03. The number of nitrogens with zero attached hydrogens (tertiary/aromatic N) is 3. The molecular formula is C26H23F2N5S. The number of thiophene rings is 1. The largest absolute Gasteiger partial charge is 0.353 e. The van der Waals surface area contributed by atoms with E-state index in [2.05, 4.69) is 63.5 Å². The Morgan fingerprint density at radius 2 is 2.00 bits per heavy atom. The van der Waals surface area contributed by atoms with Gasteiger partial charge in [-0.15, -0.1) is 11.3 Å². The van der Waals surface area contributed by atoms with Crippen LogP contribution in [0.2, 0.25) is 0 Å². The highest BCUT2D eigenvalue weighted by Gasteiger charge is 2.37. The molecule has 0 saturated carbocycles. The van der Waals surface area contributed by atoms with E-state index in [1.807, 2.05) is 12.1 Å². The molecule has 34 heavy (non-hydrogen) atoms. The van der Waals surface area contributed by atoms with Crippen LogP contribution in [0.3, 0.4) is 0 Å². The zero-order chi connectivity index (χ0) is 23.3. The number of pyridine rings is 1. The van der Waals surface area contributed by atoms with Crippen molar-refractivity contribution in [2.45, 2.75) is 25.8 Å². The van der Waals surface area contributed by atoms with Crippen molar-refractivity contribution in [3.63, 3.8) is 0 Å². The first-order valence-electron chi connectivity index (χ1n) is 11.2. The number of alkyl halides is 2. The third-order valence-corrected chi connectivity index (χ3v) is 7.32. The summed E-state index contributed by atoms with van der Waals surface area (Å²) in [7, 11) is 0. The molecule has 0 aliphatic carbocycles. The van der Waals surface area contributed by atoms with Crippen LogP contribution in [0.4, 0.5) is 8.78 Å². The van der Waals surface area contributed by atoms with Crippen molar-refractivity contribution in [1.29, 1.82) is 0 Å². The number of benzene rings is 1. The molecule has 1 aromatic carbocycles. The predicted molar refractivity (Wildman–Crippen MR) is 132 cm³/mol. The number of aromatic amines is 2. The zero-order valence-electron chi connectivity index (χ0n) is 18.6. The Balaban J connectivity index is 1.28. The van der Waals surface area contributed by atoms with Crippen LogP contribution in [0.15, 0.2) is 60.9 Å². The van der Waals surface area contributed by atoms with E-state index in [1.54, 1.807) is 28.6 Å². The standard InChI is InChI=1S/C26H23F2N5S/c1-16-5-6-25(34-16)19-3-2-4-21-20(19)10-23(30-21)24-11-22(31-32-24)18-9-17(12-29-13-18)14-33-8-7-26(27,28)15-33/h2-6,9-13,30H,7-8,14-15H2,1H3,(H,31,32). The van der Waals surface area contributed by atoms with Gasteiger partial charge in [-0.25, -0.2) is 8.78 Å². The number of hydrogen-bond donors (Lipinski definition) is 2. The topological polar surface area (TPSA) is 60.6 Å². The molecule has 0 atom stereocenters. The van der Waals surface area contributed by atoms with E-state index in [0.29, 0.717) is 13.1 Å². The molecule has 172 valence electrons. The minimum atomic E-state index is -2.59. The molecule has 5 nitrogen and oxygen atoms in total. The molecule has 0 bridgehead atoms. The lowest BCUT2D eigenvalue weighted by molar-refractivity contribution is 0.0115. The molecule has 5 heterocycles. The maximum atomic E-state index is 13.5. The van der Waals surface area contributed by atoms with Crippen LogP contribution < -0.4 is 0 Å². The summed E-state index contributed by atoms with van der Waals surface area (Å²) in [5.41, 5.74) is 6.65. The number of likely N-dealkylation sites (tertiary alicyclic amines) is 1. The number of hydrogen-bond acceptors (Lipinski definition) is 4. The molecule has 0 amide bonds. The smallest absolute Gasteiger partial charge is 0.261 e. The van der Waals surface area contributed by atoms with Crippen LogP contribution >= 0.6 is 11.3 Å². The van der Waals surface area contributed by atoms with Crippen LogP contribution in [0.1, 0.15) is 16.9 Å². The second kappa shape index (κ2) is 8.14. The predicted octanol–water partition coefficient (Wildman–Crippen LogP) is 6.50. The lowest BCUT2D eigenvalue weighted by Crippen LogP contribution is -2.24. The highest BCUT2D eigenvalue weighted by molar-refractivity contribution is 7.15. The summed E-state index contributed by atoms with van der Waals surface area (Å²) in [4.78, 5) is 12.1. The first-order valence-corrected chi connectivity index (χ1v) is 12.0. The summed E-state index contributed by atoms with van der Waals surface area (Å²) in [5, 5.41) is 8.80. The zero-order valence-corrected chi connectivity index (χ0v) is 19.4. The molecule has 0 spiro atoms. The molecule has 1 aliphatic rings. The van der Waals surface area contributed by atoms with Gasteiger partial charge in [-0.3, -0.25) is 15.0 Å². The normalized spacial score (nSPS) is 16.0. The van der Waals surface area contributed by atoms with Gasteiger partial charge < -0.3 is 4.98 Å². The Labute approximate surface area is 199 Å². The van der Waals surface area contributed by atoms with E-state index < -0.39 is 5.92 Å². The van der Waals surface area contributed by atoms with Gasteiger partial charge in [0.25, 0.3) is 5.92 Å². The van der Waals surface area contributed by atoms with Crippen LogP contribution in [-0.2, 0) is 6.54 Å². The molecule has 5 aromatic rings. The van der Waals surface area contributed by atoms with E-state index in [-0.39, 0.29) is 13.0 Å². The van der Waals surface area contributed by atoms with Crippen molar-refractivity contribution < 1.29 is 8.78 Å². The van der Waals surface area contributed by atoms with Crippen molar-refractivity contribution in [2.24, 2.45) is 0 Å². The minimum Gasteiger partial charge on any atom is -0.353 e. The second-order valence-electron chi connectivity index (χ2n) is 8.93. The average Bonchev–Trinajstić information content (AvgIpc) is 3.59. The van der Waals surface area contributed by atoms with Gasteiger partial charge >= 0.3 is 0 Å². The number of H-pyrrole nitrogens is 2.